The van der Waals surface area contributed by atoms with Crippen LogP contribution in [0, 0.1) is 6.92 Å². The van der Waals surface area contributed by atoms with Crippen LogP contribution in [0.4, 0.5) is 0 Å². The molecule has 0 saturated heterocycles. The lowest BCUT2D eigenvalue weighted by molar-refractivity contribution is 0.659. The molecule has 0 unspecified atom stereocenters. The summed E-state index contributed by atoms with van der Waals surface area (Å²) in [7, 11) is 2.16. The highest BCUT2D eigenvalue weighted by atomic mass is 32.1. The van der Waals surface area contributed by atoms with Gasteiger partial charge in [0.1, 0.15) is 0 Å². The zero-order chi connectivity index (χ0) is 14.8. The molecule has 2 heterocycles. The molecule has 0 aliphatic rings. The first-order valence-electron chi connectivity index (χ1n) is 7.51. The molecule has 0 amide bonds. The van der Waals surface area contributed by atoms with Crippen LogP contribution in [0.2, 0.25) is 0 Å². The molecular formula is C18H22N2S. The summed E-state index contributed by atoms with van der Waals surface area (Å²) in [5, 5.41) is 7.17. The summed E-state index contributed by atoms with van der Waals surface area (Å²) in [4.78, 5) is 1.47. The van der Waals surface area contributed by atoms with Crippen LogP contribution in [-0.2, 0) is 26.6 Å². The molecule has 0 bridgehead atoms. The monoisotopic (exact) mass is 298 g/mol. The van der Waals surface area contributed by atoms with Crippen molar-refractivity contribution in [3.63, 3.8) is 0 Å². The molecule has 0 aliphatic carbocycles. The van der Waals surface area contributed by atoms with Crippen LogP contribution in [0.25, 0.3) is 10.9 Å². The second-order valence-electron chi connectivity index (χ2n) is 5.47. The molecule has 0 radical (unpaired) electrons. The van der Waals surface area contributed by atoms with Crippen molar-refractivity contribution in [1.29, 1.82) is 0 Å². The lowest BCUT2D eigenvalue weighted by atomic mass is 10.1. The highest BCUT2D eigenvalue weighted by molar-refractivity contribution is 7.10. The Labute approximate surface area is 130 Å². The van der Waals surface area contributed by atoms with Gasteiger partial charge in [-0.2, -0.15) is 0 Å². The van der Waals surface area contributed by atoms with E-state index in [0.717, 1.165) is 19.5 Å². The van der Waals surface area contributed by atoms with Crippen LogP contribution in [-0.4, -0.2) is 4.57 Å². The van der Waals surface area contributed by atoms with Crippen LogP contribution in [0.1, 0.15) is 28.6 Å². The van der Waals surface area contributed by atoms with Gasteiger partial charge in [0.25, 0.3) is 0 Å². The lowest BCUT2D eigenvalue weighted by Gasteiger charge is -2.08. The van der Waals surface area contributed by atoms with Crippen LogP contribution in [0.3, 0.4) is 0 Å². The normalized spacial score (nSPS) is 11.4. The average Bonchev–Trinajstić information content (AvgIpc) is 3.06. The lowest BCUT2D eigenvalue weighted by Crippen LogP contribution is -2.15. The molecule has 2 nitrogen and oxygen atoms in total. The van der Waals surface area contributed by atoms with Crippen molar-refractivity contribution < 1.29 is 0 Å². The molecule has 3 aromatic rings. The Hall–Kier alpha value is -1.58. The maximum Gasteiger partial charge on any atom is 0.0483 e. The molecule has 0 fully saturated rings. The summed E-state index contributed by atoms with van der Waals surface area (Å²) in [6.07, 6.45) is 1.12. The summed E-state index contributed by atoms with van der Waals surface area (Å²) in [5.74, 6) is 0. The first kappa shape index (κ1) is 14.4. The summed E-state index contributed by atoms with van der Waals surface area (Å²) < 4.78 is 2.31. The molecule has 1 aromatic carbocycles. The largest absolute Gasteiger partial charge is 0.346 e. The van der Waals surface area contributed by atoms with E-state index >= 15 is 0 Å². The minimum atomic E-state index is 0.915. The number of benzene rings is 1. The first-order chi connectivity index (χ1) is 10.2. The molecular weight excluding hydrogens is 276 g/mol. The Morgan fingerprint density at radius 3 is 2.71 bits per heavy atom. The van der Waals surface area contributed by atoms with Gasteiger partial charge in [0.2, 0.25) is 0 Å². The van der Waals surface area contributed by atoms with E-state index in [0.29, 0.717) is 0 Å². The van der Waals surface area contributed by atoms with Gasteiger partial charge >= 0.3 is 0 Å². The van der Waals surface area contributed by atoms with Crippen molar-refractivity contribution in [2.75, 3.05) is 0 Å². The van der Waals surface area contributed by atoms with Crippen molar-refractivity contribution in [3.8, 4) is 0 Å². The average molecular weight is 298 g/mol. The second-order valence-corrected chi connectivity index (χ2v) is 6.47. The SMILES string of the molecule is CCc1ccsc1CNCc1c(C)c2ccccc2n1C. The van der Waals surface area contributed by atoms with Crippen LogP contribution in [0.15, 0.2) is 35.7 Å². The standard InChI is InChI=1S/C18H22N2S/c1-4-14-9-10-21-18(14)12-19-11-17-13(2)15-7-5-6-8-16(15)20(17)3/h5-10,19H,4,11-12H2,1-3H3. The smallest absolute Gasteiger partial charge is 0.0483 e. The van der Waals surface area contributed by atoms with E-state index in [4.69, 9.17) is 0 Å². The number of thiophene rings is 1. The fourth-order valence-electron chi connectivity index (χ4n) is 3.02. The fraction of sp³-hybridized carbons (Fsp3) is 0.333. The molecule has 0 saturated carbocycles. The maximum absolute atomic E-state index is 3.61. The van der Waals surface area contributed by atoms with Gasteiger partial charge in [-0.15, -0.1) is 11.3 Å². The topological polar surface area (TPSA) is 17.0 Å². The van der Waals surface area contributed by atoms with E-state index in [1.165, 1.54) is 32.6 Å². The minimum Gasteiger partial charge on any atom is -0.346 e. The van der Waals surface area contributed by atoms with E-state index in [1.807, 2.05) is 11.3 Å². The fourth-order valence-corrected chi connectivity index (χ4v) is 3.96. The van der Waals surface area contributed by atoms with Crippen molar-refractivity contribution in [2.24, 2.45) is 7.05 Å². The third kappa shape index (κ3) is 2.63. The Kier molecular flexibility index (Phi) is 4.13. The summed E-state index contributed by atoms with van der Waals surface area (Å²) in [5.41, 5.74) is 5.56. The molecule has 21 heavy (non-hydrogen) atoms. The van der Waals surface area contributed by atoms with Gasteiger partial charge in [-0.05, 0) is 42.0 Å². The quantitative estimate of drug-likeness (QED) is 0.738. The number of rotatable bonds is 5. The van der Waals surface area contributed by atoms with Crippen LogP contribution in [0.5, 0.6) is 0 Å². The van der Waals surface area contributed by atoms with Gasteiger partial charge in [-0.1, -0.05) is 25.1 Å². The zero-order valence-corrected chi connectivity index (χ0v) is 13.8. The second kappa shape index (κ2) is 6.04. The highest BCUT2D eigenvalue weighted by Crippen LogP contribution is 2.24. The minimum absolute atomic E-state index is 0.915. The molecule has 0 spiro atoms. The molecule has 3 rings (SSSR count). The number of nitrogens with zero attached hydrogens (tertiary/aromatic N) is 1. The number of hydrogen-bond donors (Lipinski definition) is 1. The van der Waals surface area contributed by atoms with Crippen molar-refractivity contribution in [1.82, 2.24) is 9.88 Å². The van der Waals surface area contributed by atoms with Crippen LogP contribution < -0.4 is 5.32 Å². The summed E-state index contributed by atoms with van der Waals surface area (Å²) in [6.45, 7) is 6.32. The number of nitrogens with one attached hydrogen (secondary N) is 1. The first-order valence-corrected chi connectivity index (χ1v) is 8.39. The van der Waals surface area contributed by atoms with Gasteiger partial charge in [0.05, 0.1) is 0 Å². The number of aryl methyl sites for hydroxylation is 3. The van der Waals surface area contributed by atoms with Crippen molar-refractivity contribution in [3.05, 3.63) is 57.4 Å². The van der Waals surface area contributed by atoms with Crippen LogP contribution >= 0.6 is 11.3 Å². The number of para-hydroxylation sites is 1. The Morgan fingerprint density at radius 2 is 1.95 bits per heavy atom. The molecule has 0 aliphatic heterocycles. The molecule has 2 aromatic heterocycles. The third-order valence-electron chi connectivity index (χ3n) is 4.30. The molecule has 110 valence electrons. The van der Waals surface area contributed by atoms with Gasteiger partial charge in [-0.3, -0.25) is 0 Å². The van der Waals surface area contributed by atoms with E-state index < -0.39 is 0 Å². The maximum atomic E-state index is 3.61. The van der Waals surface area contributed by atoms with Gasteiger partial charge in [0, 0.05) is 41.6 Å². The van der Waals surface area contributed by atoms with Gasteiger partial charge in [-0.25, -0.2) is 0 Å². The van der Waals surface area contributed by atoms with E-state index in [2.05, 4.69) is 66.5 Å². The van der Waals surface area contributed by atoms with E-state index in [9.17, 15) is 0 Å². The number of fused-ring (bicyclic) bond motifs is 1. The van der Waals surface area contributed by atoms with E-state index in [1.54, 1.807) is 0 Å². The summed E-state index contributed by atoms with van der Waals surface area (Å²) in [6, 6.07) is 10.9. The van der Waals surface area contributed by atoms with E-state index in [-0.39, 0.29) is 0 Å². The Balaban J connectivity index is 1.77. The highest BCUT2D eigenvalue weighted by Gasteiger charge is 2.11. The Morgan fingerprint density at radius 1 is 1.14 bits per heavy atom. The Bertz CT molecular complexity index is 713. The molecule has 0 atom stereocenters. The number of aromatic nitrogens is 1. The zero-order valence-electron chi connectivity index (χ0n) is 12.9. The third-order valence-corrected chi connectivity index (χ3v) is 5.27. The number of hydrogen-bond acceptors (Lipinski definition) is 2. The van der Waals surface area contributed by atoms with Crippen molar-refractivity contribution in [2.45, 2.75) is 33.4 Å². The predicted octanol–water partition coefficient (Wildman–Crippen LogP) is 4.40. The molecule has 1 N–H and O–H groups in total. The van der Waals surface area contributed by atoms with Crippen molar-refractivity contribution >= 4 is 22.2 Å². The summed E-state index contributed by atoms with van der Waals surface area (Å²) >= 11 is 1.85. The molecule has 3 heteroatoms. The predicted molar refractivity (Wildman–Crippen MR) is 91.9 cm³/mol. The van der Waals surface area contributed by atoms with Gasteiger partial charge < -0.3 is 9.88 Å². The van der Waals surface area contributed by atoms with Gasteiger partial charge in [0.15, 0.2) is 0 Å².